The number of halogens is 2. The summed E-state index contributed by atoms with van der Waals surface area (Å²) in [6.07, 6.45) is 3.09. The van der Waals surface area contributed by atoms with Crippen LogP contribution in [0.25, 0.3) is 0 Å². The van der Waals surface area contributed by atoms with E-state index in [1.54, 1.807) is 18.3 Å². The number of carbonyl (C=O) groups is 1. The molecule has 0 saturated carbocycles. The number of carbonyl (C=O) groups excluding carboxylic acids is 1. The number of amides is 1. The van der Waals surface area contributed by atoms with Gasteiger partial charge in [0.25, 0.3) is 5.91 Å². The normalized spacial score (nSPS) is 10.0. The summed E-state index contributed by atoms with van der Waals surface area (Å²) < 4.78 is 13.1. The van der Waals surface area contributed by atoms with Gasteiger partial charge in [-0.25, -0.2) is 4.39 Å². The summed E-state index contributed by atoms with van der Waals surface area (Å²) in [4.78, 5) is 15.6. The fraction of sp³-hybridized carbons (Fsp3) is 0. The monoisotopic (exact) mass is 250 g/mol. The van der Waals surface area contributed by atoms with Gasteiger partial charge in [-0.3, -0.25) is 9.78 Å². The van der Waals surface area contributed by atoms with Crippen LogP contribution in [-0.4, -0.2) is 10.9 Å². The van der Waals surface area contributed by atoms with Gasteiger partial charge in [0.15, 0.2) is 0 Å². The van der Waals surface area contributed by atoms with Gasteiger partial charge in [0.05, 0.1) is 11.9 Å². The Balaban J connectivity index is 2.20. The Hall–Kier alpha value is -1.94. The highest BCUT2D eigenvalue weighted by atomic mass is 35.5. The zero-order valence-electron chi connectivity index (χ0n) is 8.65. The third-order valence-electron chi connectivity index (χ3n) is 2.04. The average Bonchev–Trinajstić information content (AvgIpc) is 2.29. The Bertz CT molecular complexity index is 525. The van der Waals surface area contributed by atoms with E-state index in [2.05, 4.69) is 10.3 Å². The fourth-order valence-corrected chi connectivity index (χ4v) is 1.55. The highest BCUT2D eigenvalue weighted by molar-refractivity contribution is 6.31. The second-order valence-corrected chi connectivity index (χ2v) is 3.79. The number of nitrogens with one attached hydrogen (secondary N) is 1. The second kappa shape index (κ2) is 4.93. The van der Waals surface area contributed by atoms with Crippen LogP contribution in [-0.2, 0) is 0 Å². The summed E-state index contributed by atoms with van der Waals surface area (Å²) in [5, 5.41) is 2.77. The highest BCUT2D eigenvalue weighted by Gasteiger charge is 2.08. The first-order valence-electron chi connectivity index (χ1n) is 4.82. The van der Waals surface area contributed by atoms with Gasteiger partial charge in [0.1, 0.15) is 5.82 Å². The van der Waals surface area contributed by atoms with E-state index in [0.29, 0.717) is 5.69 Å². The summed E-state index contributed by atoms with van der Waals surface area (Å²) in [6.45, 7) is 0. The molecule has 0 bridgehead atoms. The summed E-state index contributed by atoms with van der Waals surface area (Å²) in [5.74, 6) is -0.978. The lowest BCUT2D eigenvalue weighted by Crippen LogP contribution is -2.12. The predicted octanol–water partition coefficient (Wildman–Crippen LogP) is 3.13. The third-order valence-corrected chi connectivity index (χ3v) is 2.26. The van der Waals surface area contributed by atoms with Gasteiger partial charge >= 0.3 is 0 Å². The molecule has 1 heterocycles. The Labute approximate surface area is 102 Å². The molecular formula is C12H8ClFN2O. The lowest BCUT2D eigenvalue weighted by Gasteiger charge is -2.05. The van der Waals surface area contributed by atoms with Gasteiger partial charge in [-0.1, -0.05) is 11.6 Å². The maximum atomic E-state index is 13.1. The zero-order chi connectivity index (χ0) is 12.3. The standard InChI is InChI=1S/C12H8ClFN2O/c13-9-4-8(5-10(14)6-9)12(17)16-11-2-1-3-15-7-11/h1-7H,(H,16,17). The first-order valence-corrected chi connectivity index (χ1v) is 5.20. The number of hydrogen-bond acceptors (Lipinski definition) is 2. The molecule has 2 rings (SSSR count). The number of nitrogens with zero attached hydrogens (tertiary/aromatic N) is 1. The molecule has 0 fully saturated rings. The Morgan fingerprint density at radius 2 is 2.18 bits per heavy atom. The van der Waals surface area contributed by atoms with Crippen LogP contribution in [0.15, 0.2) is 42.7 Å². The number of anilines is 1. The SMILES string of the molecule is O=C(Nc1cccnc1)c1cc(F)cc(Cl)c1. The van der Waals surface area contributed by atoms with Crippen molar-refractivity contribution in [3.8, 4) is 0 Å². The van der Waals surface area contributed by atoms with E-state index >= 15 is 0 Å². The Kier molecular flexibility index (Phi) is 3.35. The minimum Gasteiger partial charge on any atom is -0.321 e. The summed E-state index contributed by atoms with van der Waals surface area (Å²) >= 11 is 5.66. The van der Waals surface area contributed by atoms with Crippen LogP contribution < -0.4 is 5.32 Å². The second-order valence-electron chi connectivity index (χ2n) is 3.35. The van der Waals surface area contributed by atoms with Crippen LogP contribution in [0.2, 0.25) is 5.02 Å². The van der Waals surface area contributed by atoms with Crippen molar-refractivity contribution in [1.29, 1.82) is 0 Å². The molecule has 0 radical (unpaired) electrons. The average molecular weight is 251 g/mol. The smallest absolute Gasteiger partial charge is 0.255 e. The highest BCUT2D eigenvalue weighted by Crippen LogP contribution is 2.15. The number of rotatable bonds is 2. The summed E-state index contributed by atoms with van der Waals surface area (Å²) in [6, 6.07) is 7.04. The van der Waals surface area contributed by atoms with Crippen molar-refractivity contribution in [2.24, 2.45) is 0 Å². The van der Waals surface area contributed by atoms with Crippen LogP contribution in [0, 0.1) is 5.82 Å². The zero-order valence-corrected chi connectivity index (χ0v) is 9.41. The number of benzene rings is 1. The maximum Gasteiger partial charge on any atom is 0.255 e. The number of hydrogen-bond donors (Lipinski definition) is 1. The fourth-order valence-electron chi connectivity index (χ4n) is 1.32. The van der Waals surface area contributed by atoms with E-state index in [1.165, 1.54) is 12.3 Å². The molecule has 17 heavy (non-hydrogen) atoms. The lowest BCUT2D eigenvalue weighted by molar-refractivity contribution is 0.102. The number of aromatic nitrogens is 1. The lowest BCUT2D eigenvalue weighted by atomic mass is 10.2. The minimum atomic E-state index is -0.547. The molecule has 1 aromatic heterocycles. The Morgan fingerprint density at radius 1 is 1.35 bits per heavy atom. The van der Waals surface area contributed by atoms with Gasteiger partial charge in [0, 0.05) is 16.8 Å². The third kappa shape index (κ3) is 3.01. The molecule has 1 N–H and O–H groups in total. The summed E-state index contributed by atoms with van der Waals surface area (Å²) in [5.41, 5.74) is 0.705. The quantitative estimate of drug-likeness (QED) is 0.890. The molecule has 0 atom stereocenters. The molecule has 0 aliphatic rings. The van der Waals surface area contributed by atoms with Gasteiger partial charge in [-0.2, -0.15) is 0 Å². The predicted molar refractivity (Wildman–Crippen MR) is 63.6 cm³/mol. The first-order chi connectivity index (χ1) is 8.15. The van der Waals surface area contributed by atoms with Gasteiger partial charge < -0.3 is 5.32 Å². The maximum absolute atomic E-state index is 13.1. The molecule has 0 unspecified atom stereocenters. The molecule has 0 aliphatic heterocycles. The molecule has 1 aromatic carbocycles. The first kappa shape index (κ1) is 11.5. The van der Waals surface area contributed by atoms with Gasteiger partial charge in [-0.15, -0.1) is 0 Å². The molecule has 1 amide bonds. The van der Waals surface area contributed by atoms with Crippen molar-refractivity contribution in [1.82, 2.24) is 4.98 Å². The van der Waals surface area contributed by atoms with Crippen molar-refractivity contribution in [3.63, 3.8) is 0 Å². The van der Waals surface area contributed by atoms with Crippen LogP contribution >= 0.6 is 11.6 Å². The largest absolute Gasteiger partial charge is 0.321 e. The van der Waals surface area contributed by atoms with Crippen molar-refractivity contribution in [2.75, 3.05) is 5.32 Å². The van der Waals surface area contributed by atoms with E-state index in [4.69, 9.17) is 11.6 Å². The van der Waals surface area contributed by atoms with Crippen LogP contribution in [0.3, 0.4) is 0 Å². The molecule has 0 saturated heterocycles. The van der Waals surface area contributed by atoms with Crippen molar-refractivity contribution in [2.45, 2.75) is 0 Å². The van der Waals surface area contributed by atoms with Crippen LogP contribution in [0.4, 0.5) is 10.1 Å². The molecule has 86 valence electrons. The molecule has 2 aromatic rings. The molecule has 0 spiro atoms. The molecule has 3 nitrogen and oxygen atoms in total. The van der Waals surface area contributed by atoms with E-state index in [1.807, 2.05) is 0 Å². The van der Waals surface area contributed by atoms with Crippen LogP contribution in [0.5, 0.6) is 0 Å². The van der Waals surface area contributed by atoms with Crippen molar-refractivity contribution in [3.05, 3.63) is 59.1 Å². The van der Waals surface area contributed by atoms with E-state index < -0.39 is 11.7 Å². The van der Waals surface area contributed by atoms with Crippen LogP contribution in [0.1, 0.15) is 10.4 Å². The molecule has 5 heteroatoms. The van der Waals surface area contributed by atoms with Crippen molar-refractivity contribution < 1.29 is 9.18 Å². The minimum absolute atomic E-state index is 0.166. The van der Waals surface area contributed by atoms with E-state index in [0.717, 1.165) is 12.1 Å². The Morgan fingerprint density at radius 3 is 2.82 bits per heavy atom. The summed E-state index contributed by atoms with van der Waals surface area (Å²) in [7, 11) is 0. The van der Waals surface area contributed by atoms with E-state index in [9.17, 15) is 9.18 Å². The van der Waals surface area contributed by atoms with E-state index in [-0.39, 0.29) is 10.6 Å². The van der Waals surface area contributed by atoms with Gasteiger partial charge in [0.2, 0.25) is 0 Å². The topological polar surface area (TPSA) is 42.0 Å². The van der Waals surface area contributed by atoms with Crippen molar-refractivity contribution >= 4 is 23.2 Å². The molecule has 0 aliphatic carbocycles. The van der Waals surface area contributed by atoms with Gasteiger partial charge in [-0.05, 0) is 30.3 Å². The number of pyridine rings is 1. The molecular weight excluding hydrogens is 243 g/mol.